The van der Waals surface area contributed by atoms with E-state index in [0.717, 1.165) is 26.5 Å². The van der Waals surface area contributed by atoms with Gasteiger partial charge in [0.15, 0.2) is 11.6 Å². The summed E-state index contributed by atoms with van der Waals surface area (Å²) in [5.41, 5.74) is 2.06. The molecule has 0 saturated heterocycles. The second-order valence-electron chi connectivity index (χ2n) is 6.02. The second-order valence-corrected chi connectivity index (χ2v) is 7.25. The number of hydrogen-bond donors (Lipinski definition) is 2. The standard InChI is InChI=1S/C20H21N3O3S/c1-4-14(24)10-17(25)18-19(22-16-9-12(2)27-20(16)23-18)21-11-13-5-7-15(26-3)8-6-13/h5-10,25H,4,11H2,1-3H3,(H,21,22)/b17-10-. The number of nitrogens with zero attached hydrogens (tertiary/aromatic N) is 2. The summed E-state index contributed by atoms with van der Waals surface area (Å²) >= 11 is 1.50. The van der Waals surface area contributed by atoms with Crippen molar-refractivity contribution in [3.63, 3.8) is 0 Å². The van der Waals surface area contributed by atoms with E-state index in [1.807, 2.05) is 37.3 Å². The first-order valence-corrected chi connectivity index (χ1v) is 9.40. The van der Waals surface area contributed by atoms with Gasteiger partial charge in [-0.3, -0.25) is 4.79 Å². The number of thiophene rings is 1. The van der Waals surface area contributed by atoms with Gasteiger partial charge in [0.2, 0.25) is 0 Å². The lowest BCUT2D eigenvalue weighted by atomic mass is 10.2. The lowest BCUT2D eigenvalue weighted by molar-refractivity contribution is -0.114. The van der Waals surface area contributed by atoms with Crippen molar-refractivity contribution in [3.05, 3.63) is 52.5 Å². The first-order chi connectivity index (χ1) is 13.0. The Morgan fingerprint density at radius 1 is 1.30 bits per heavy atom. The number of anilines is 1. The molecule has 0 aliphatic rings. The summed E-state index contributed by atoms with van der Waals surface area (Å²) in [5.74, 6) is 0.874. The van der Waals surface area contributed by atoms with Crippen molar-refractivity contribution < 1.29 is 14.6 Å². The van der Waals surface area contributed by atoms with Crippen molar-refractivity contribution in [1.82, 2.24) is 9.97 Å². The van der Waals surface area contributed by atoms with Crippen LogP contribution < -0.4 is 10.1 Å². The maximum atomic E-state index is 11.7. The highest BCUT2D eigenvalue weighted by Gasteiger charge is 2.15. The molecule has 0 atom stereocenters. The quantitative estimate of drug-likeness (QED) is 0.462. The number of nitrogens with one attached hydrogen (secondary N) is 1. The van der Waals surface area contributed by atoms with E-state index in [4.69, 9.17) is 4.74 Å². The molecule has 0 amide bonds. The Bertz CT molecular complexity index is 994. The molecule has 3 rings (SSSR count). The minimum atomic E-state index is -0.181. The first kappa shape index (κ1) is 18.8. The maximum absolute atomic E-state index is 11.7. The molecule has 0 aliphatic carbocycles. The van der Waals surface area contributed by atoms with Gasteiger partial charge in [-0.2, -0.15) is 0 Å². The van der Waals surface area contributed by atoms with Gasteiger partial charge >= 0.3 is 0 Å². The third kappa shape index (κ3) is 4.43. The summed E-state index contributed by atoms with van der Waals surface area (Å²) in [6.07, 6.45) is 1.52. The van der Waals surface area contributed by atoms with Gasteiger partial charge in [0.05, 0.1) is 7.11 Å². The number of aromatic nitrogens is 2. The minimum Gasteiger partial charge on any atom is -0.505 e. The van der Waals surface area contributed by atoms with Crippen molar-refractivity contribution in [2.24, 2.45) is 0 Å². The SMILES string of the molecule is CCC(=O)/C=C(\O)c1nc2sc(C)cc2nc1NCc1ccc(OC)cc1. The Hall–Kier alpha value is -2.93. The number of rotatable bonds is 7. The van der Waals surface area contributed by atoms with Crippen LogP contribution in [0.15, 0.2) is 36.4 Å². The van der Waals surface area contributed by atoms with Crippen LogP contribution in [0.4, 0.5) is 5.82 Å². The van der Waals surface area contributed by atoms with Gasteiger partial charge in [-0.15, -0.1) is 11.3 Å². The number of ether oxygens (including phenoxy) is 1. The molecule has 0 bridgehead atoms. The number of aryl methyl sites for hydroxylation is 1. The molecule has 140 valence electrons. The number of carbonyl (C=O) groups is 1. The Balaban J connectivity index is 1.94. The smallest absolute Gasteiger partial charge is 0.159 e. The molecule has 27 heavy (non-hydrogen) atoms. The number of hydrogen-bond acceptors (Lipinski definition) is 7. The zero-order valence-electron chi connectivity index (χ0n) is 15.4. The normalized spacial score (nSPS) is 11.6. The van der Waals surface area contributed by atoms with Gasteiger partial charge in [-0.05, 0) is 30.7 Å². The maximum Gasteiger partial charge on any atom is 0.159 e. The van der Waals surface area contributed by atoms with Crippen LogP contribution in [0.2, 0.25) is 0 Å². The highest BCUT2D eigenvalue weighted by Crippen LogP contribution is 2.28. The number of ketones is 1. The van der Waals surface area contributed by atoms with Crippen LogP contribution in [0.5, 0.6) is 5.75 Å². The van der Waals surface area contributed by atoms with E-state index < -0.39 is 0 Å². The molecule has 0 unspecified atom stereocenters. The fourth-order valence-electron chi connectivity index (χ4n) is 2.53. The van der Waals surface area contributed by atoms with Crippen LogP contribution in [-0.2, 0) is 11.3 Å². The summed E-state index contributed by atoms with van der Waals surface area (Å²) in [5, 5.41) is 13.6. The number of benzene rings is 1. The molecule has 6 nitrogen and oxygen atoms in total. The lowest BCUT2D eigenvalue weighted by Gasteiger charge is -2.11. The summed E-state index contributed by atoms with van der Waals surface area (Å²) in [6, 6.07) is 9.61. The van der Waals surface area contributed by atoms with Crippen LogP contribution in [0.1, 0.15) is 29.5 Å². The Morgan fingerprint density at radius 3 is 2.70 bits per heavy atom. The predicted octanol–water partition coefficient (Wildman–Crippen LogP) is 4.50. The van der Waals surface area contributed by atoms with Gasteiger partial charge < -0.3 is 15.2 Å². The number of aliphatic hydroxyl groups excluding tert-OH is 1. The number of methoxy groups -OCH3 is 1. The molecule has 0 fully saturated rings. The highest BCUT2D eigenvalue weighted by molar-refractivity contribution is 7.18. The van der Waals surface area contributed by atoms with E-state index in [1.165, 1.54) is 17.4 Å². The molecule has 2 N–H and O–H groups in total. The third-order valence-electron chi connectivity index (χ3n) is 3.99. The van der Waals surface area contributed by atoms with Gasteiger partial charge in [-0.25, -0.2) is 9.97 Å². The predicted molar refractivity (Wildman–Crippen MR) is 108 cm³/mol. The van der Waals surface area contributed by atoms with E-state index in [2.05, 4.69) is 15.3 Å². The van der Waals surface area contributed by atoms with Gasteiger partial charge in [0, 0.05) is 23.9 Å². The minimum absolute atomic E-state index is 0.169. The molecule has 3 aromatic rings. The summed E-state index contributed by atoms with van der Waals surface area (Å²) in [7, 11) is 1.62. The molecular weight excluding hydrogens is 362 g/mol. The van der Waals surface area contributed by atoms with Crippen molar-refractivity contribution in [1.29, 1.82) is 0 Å². The molecule has 0 saturated carbocycles. The average Bonchev–Trinajstić information content (AvgIpc) is 3.04. The topological polar surface area (TPSA) is 84.3 Å². The van der Waals surface area contributed by atoms with Crippen LogP contribution >= 0.6 is 11.3 Å². The fraction of sp³-hybridized carbons (Fsp3) is 0.250. The Kier molecular flexibility index (Phi) is 5.71. The zero-order valence-corrected chi connectivity index (χ0v) is 16.3. The van der Waals surface area contributed by atoms with E-state index >= 15 is 0 Å². The third-order valence-corrected chi connectivity index (χ3v) is 4.93. The molecule has 7 heteroatoms. The Labute approximate surface area is 161 Å². The largest absolute Gasteiger partial charge is 0.505 e. The zero-order chi connectivity index (χ0) is 19.4. The van der Waals surface area contributed by atoms with Gasteiger partial charge in [-0.1, -0.05) is 19.1 Å². The van der Waals surface area contributed by atoms with Crippen molar-refractivity contribution in [3.8, 4) is 5.75 Å². The summed E-state index contributed by atoms with van der Waals surface area (Å²) in [4.78, 5) is 22.6. The lowest BCUT2D eigenvalue weighted by Crippen LogP contribution is -2.07. The van der Waals surface area contributed by atoms with Crippen molar-refractivity contribution >= 4 is 39.0 Å². The highest BCUT2D eigenvalue weighted by atomic mass is 32.1. The second kappa shape index (κ2) is 8.18. The monoisotopic (exact) mass is 383 g/mol. The van der Waals surface area contributed by atoms with E-state index in [9.17, 15) is 9.90 Å². The van der Waals surface area contributed by atoms with Gasteiger partial charge in [0.1, 0.15) is 27.5 Å². The molecule has 2 heterocycles. The molecule has 1 aromatic carbocycles. The van der Waals surface area contributed by atoms with Crippen LogP contribution in [0.25, 0.3) is 16.1 Å². The first-order valence-electron chi connectivity index (χ1n) is 8.59. The van der Waals surface area contributed by atoms with Crippen molar-refractivity contribution in [2.45, 2.75) is 26.8 Å². The van der Waals surface area contributed by atoms with E-state index in [-0.39, 0.29) is 17.2 Å². The van der Waals surface area contributed by atoms with Crippen LogP contribution in [0.3, 0.4) is 0 Å². The number of aliphatic hydroxyl groups is 1. The van der Waals surface area contributed by atoms with Crippen LogP contribution in [-0.4, -0.2) is 28.0 Å². The average molecular weight is 383 g/mol. The summed E-state index contributed by atoms with van der Waals surface area (Å²) < 4.78 is 5.17. The number of allylic oxidation sites excluding steroid dienone is 1. The van der Waals surface area contributed by atoms with Crippen molar-refractivity contribution in [2.75, 3.05) is 12.4 Å². The molecule has 0 aliphatic heterocycles. The Morgan fingerprint density at radius 2 is 2.04 bits per heavy atom. The van der Waals surface area contributed by atoms with Gasteiger partial charge in [0.25, 0.3) is 0 Å². The molecular formula is C20H21N3O3S. The van der Waals surface area contributed by atoms with E-state index in [0.29, 0.717) is 18.8 Å². The summed E-state index contributed by atoms with van der Waals surface area (Å²) in [6.45, 7) is 4.22. The fourth-order valence-corrected chi connectivity index (χ4v) is 3.35. The number of carbonyl (C=O) groups excluding carboxylic acids is 1. The molecule has 2 aromatic heterocycles. The van der Waals surface area contributed by atoms with Crippen LogP contribution in [0, 0.1) is 6.92 Å². The van der Waals surface area contributed by atoms with E-state index in [1.54, 1.807) is 14.0 Å². The molecule has 0 radical (unpaired) electrons. The molecule has 0 spiro atoms. The number of fused-ring (bicyclic) bond motifs is 1.